The molecule has 0 bridgehead atoms. The third kappa shape index (κ3) is 6.10. The Morgan fingerprint density at radius 3 is 2.57 bits per heavy atom. The topological polar surface area (TPSA) is 151 Å². The molecular formula is C23H32ClN7O5S. The number of nitrogens with one attached hydrogen (secondary N) is 3. The molecule has 12 nitrogen and oxygen atoms in total. The van der Waals surface area contributed by atoms with Gasteiger partial charge in [-0.05, 0) is 38.5 Å². The number of ether oxygens (including phenoxy) is 1. The van der Waals surface area contributed by atoms with Gasteiger partial charge in [-0.3, -0.25) is 9.48 Å². The Morgan fingerprint density at radius 2 is 1.81 bits per heavy atom. The van der Waals surface area contributed by atoms with E-state index in [-0.39, 0.29) is 34.1 Å². The van der Waals surface area contributed by atoms with Crippen molar-refractivity contribution in [2.75, 3.05) is 18.0 Å². The third-order valence-corrected chi connectivity index (χ3v) is 9.33. The molecule has 3 fully saturated rings. The lowest BCUT2D eigenvalue weighted by molar-refractivity contribution is 0.102. The van der Waals surface area contributed by atoms with E-state index in [1.165, 1.54) is 12.4 Å². The summed E-state index contributed by atoms with van der Waals surface area (Å²) in [5.41, 5.74) is 0.0573. The average Bonchev–Trinajstić information content (AvgIpc) is 3.64. The molecule has 0 aromatic carbocycles. The van der Waals surface area contributed by atoms with E-state index >= 15 is 0 Å². The second-order valence-corrected chi connectivity index (χ2v) is 12.2. The fourth-order valence-corrected chi connectivity index (χ4v) is 6.91. The zero-order chi connectivity index (χ0) is 26.0. The number of sulfonamides is 1. The van der Waals surface area contributed by atoms with E-state index in [0.717, 1.165) is 25.7 Å². The van der Waals surface area contributed by atoms with E-state index in [4.69, 9.17) is 16.3 Å². The Bertz CT molecular complexity index is 1270. The highest BCUT2D eigenvalue weighted by Crippen LogP contribution is 2.30. The molecule has 2 saturated carbocycles. The van der Waals surface area contributed by atoms with Crippen molar-refractivity contribution in [1.82, 2.24) is 30.0 Å². The SMILES string of the molecule is O=C(NC1CCC(NS(=O)(=O)c2cnn(C3CCCC3)c2)CC1)O[C@@H]1CCN(c2cn[nH]c(=O)c2Cl)C1. The molecule has 37 heavy (non-hydrogen) atoms. The molecule has 14 heteroatoms. The number of hydrogen-bond acceptors (Lipinski definition) is 8. The quantitative estimate of drug-likeness (QED) is 0.472. The van der Waals surface area contributed by atoms with Crippen LogP contribution in [0.25, 0.3) is 0 Å². The number of nitrogens with zero attached hydrogens (tertiary/aromatic N) is 4. The molecule has 3 aliphatic rings. The highest BCUT2D eigenvalue weighted by molar-refractivity contribution is 7.89. The highest BCUT2D eigenvalue weighted by atomic mass is 35.5. The van der Waals surface area contributed by atoms with Crippen molar-refractivity contribution in [2.24, 2.45) is 0 Å². The number of hydrogen-bond donors (Lipinski definition) is 3. The number of H-pyrrole nitrogens is 1. The van der Waals surface area contributed by atoms with Gasteiger partial charge in [0.25, 0.3) is 5.56 Å². The average molecular weight is 554 g/mol. The van der Waals surface area contributed by atoms with Gasteiger partial charge in [-0.15, -0.1) is 0 Å². The first-order valence-electron chi connectivity index (χ1n) is 12.8. The Labute approximate surface area is 220 Å². The lowest BCUT2D eigenvalue weighted by Gasteiger charge is -2.29. The number of aromatic amines is 1. The van der Waals surface area contributed by atoms with Crippen LogP contribution in [0.5, 0.6) is 0 Å². The molecule has 5 rings (SSSR count). The number of anilines is 1. The van der Waals surface area contributed by atoms with Crippen LogP contribution in [0.3, 0.4) is 0 Å². The number of amides is 1. The fraction of sp³-hybridized carbons (Fsp3) is 0.652. The van der Waals surface area contributed by atoms with Crippen LogP contribution in [-0.2, 0) is 14.8 Å². The van der Waals surface area contributed by atoms with Gasteiger partial charge < -0.3 is 15.0 Å². The Kier molecular flexibility index (Phi) is 7.72. The summed E-state index contributed by atoms with van der Waals surface area (Å²) in [5.74, 6) is 0. The molecule has 1 amide bonds. The van der Waals surface area contributed by atoms with E-state index in [9.17, 15) is 18.0 Å². The molecule has 1 atom stereocenters. The standard InChI is InChI=1S/C23H32ClN7O5S/c24-21-20(12-25-28-22(21)32)30-10-9-18(13-30)36-23(33)27-15-5-7-16(8-6-15)29-37(34,35)19-11-26-31(14-19)17-3-1-2-4-17/h11-12,14-18,29H,1-10,13H2,(H,27,33)(H,28,32)/t15?,16?,18-/m1/s1. The second kappa shape index (κ2) is 11.0. The van der Waals surface area contributed by atoms with Crippen molar-refractivity contribution in [3.63, 3.8) is 0 Å². The maximum absolute atomic E-state index is 12.9. The number of rotatable bonds is 7. The summed E-state index contributed by atoms with van der Waals surface area (Å²) in [4.78, 5) is 26.2. The molecule has 3 heterocycles. The molecule has 0 unspecified atom stereocenters. The predicted molar refractivity (Wildman–Crippen MR) is 136 cm³/mol. The van der Waals surface area contributed by atoms with Gasteiger partial charge in [0.2, 0.25) is 10.0 Å². The lowest BCUT2D eigenvalue weighted by atomic mass is 9.92. The second-order valence-electron chi connectivity index (χ2n) is 10.1. The van der Waals surface area contributed by atoms with Gasteiger partial charge in [-0.1, -0.05) is 24.4 Å². The van der Waals surface area contributed by atoms with Crippen molar-refractivity contribution >= 4 is 33.4 Å². The van der Waals surface area contributed by atoms with Gasteiger partial charge in [0, 0.05) is 31.2 Å². The van der Waals surface area contributed by atoms with Crippen molar-refractivity contribution in [3.05, 3.63) is 34.0 Å². The number of alkyl carbamates (subject to hydrolysis) is 1. The minimum atomic E-state index is -3.64. The zero-order valence-corrected chi connectivity index (χ0v) is 22.0. The molecule has 0 radical (unpaired) electrons. The van der Waals surface area contributed by atoms with Crippen LogP contribution in [0.1, 0.15) is 63.8 Å². The highest BCUT2D eigenvalue weighted by Gasteiger charge is 2.31. The summed E-state index contributed by atoms with van der Waals surface area (Å²) in [6.45, 7) is 1.01. The van der Waals surface area contributed by atoms with Crippen LogP contribution in [0.4, 0.5) is 10.5 Å². The molecule has 2 aromatic rings. The van der Waals surface area contributed by atoms with Crippen molar-refractivity contribution < 1.29 is 17.9 Å². The molecule has 2 aromatic heterocycles. The largest absolute Gasteiger partial charge is 0.444 e. The van der Waals surface area contributed by atoms with Crippen molar-refractivity contribution in [1.29, 1.82) is 0 Å². The van der Waals surface area contributed by atoms with Gasteiger partial charge in [-0.25, -0.2) is 23.0 Å². The zero-order valence-electron chi connectivity index (χ0n) is 20.4. The fourth-order valence-electron chi connectivity index (χ4n) is 5.46. The summed E-state index contributed by atoms with van der Waals surface area (Å²) in [7, 11) is -3.64. The van der Waals surface area contributed by atoms with Crippen LogP contribution in [0.15, 0.2) is 28.3 Å². The summed E-state index contributed by atoms with van der Waals surface area (Å²) in [6.07, 6.45) is 11.2. The predicted octanol–water partition coefficient (Wildman–Crippen LogP) is 2.33. The Morgan fingerprint density at radius 1 is 1.08 bits per heavy atom. The van der Waals surface area contributed by atoms with Gasteiger partial charge >= 0.3 is 6.09 Å². The summed E-state index contributed by atoms with van der Waals surface area (Å²) in [6, 6.07) is 0.0156. The monoisotopic (exact) mass is 553 g/mol. The first-order chi connectivity index (χ1) is 17.8. The molecule has 1 aliphatic heterocycles. The van der Waals surface area contributed by atoms with Crippen molar-refractivity contribution in [3.8, 4) is 0 Å². The molecule has 2 aliphatic carbocycles. The van der Waals surface area contributed by atoms with E-state index in [0.29, 0.717) is 50.9 Å². The minimum absolute atomic E-state index is 0.0649. The first-order valence-corrected chi connectivity index (χ1v) is 14.7. The summed E-state index contributed by atoms with van der Waals surface area (Å²) >= 11 is 6.08. The normalized spacial score (nSPS) is 24.9. The third-order valence-electron chi connectivity index (χ3n) is 7.49. The summed E-state index contributed by atoms with van der Waals surface area (Å²) < 4.78 is 35.9. The Balaban J connectivity index is 1.06. The van der Waals surface area contributed by atoms with E-state index in [1.807, 2.05) is 4.90 Å². The van der Waals surface area contributed by atoms with E-state index in [2.05, 4.69) is 25.3 Å². The van der Waals surface area contributed by atoms with Crippen LogP contribution >= 0.6 is 11.6 Å². The number of carbonyl (C=O) groups is 1. The molecule has 3 N–H and O–H groups in total. The molecule has 202 valence electrons. The molecular weight excluding hydrogens is 522 g/mol. The van der Waals surface area contributed by atoms with Crippen LogP contribution < -0.4 is 20.5 Å². The maximum Gasteiger partial charge on any atom is 0.407 e. The maximum atomic E-state index is 12.9. The molecule has 1 saturated heterocycles. The smallest absolute Gasteiger partial charge is 0.407 e. The number of carbonyl (C=O) groups excluding carboxylic acids is 1. The first kappa shape index (κ1) is 26.0. The van der Waals surface area contributed by atoms with E-state index in [1.54, 1.807) is 10.9 Å². The van der Waals surface area contributed by atoms with Gasteiger partial charge in [-0.2, -0.15) is 10.2 Å². The van der Waals surface area contributed by atoms with Crippen LogP contribution in [-0.4, -0.2) is 65.8 Å². The summed E-state index contributed by atoms with van der Waals surface area (Å²) in [5, 5.41) is 13.3. The van der Waals surface area contributed by atoms with Gasteiger partial charge in [0.1, 0.15) is 16.0 Å². The number of aromatic nitrogens is 4. The molecule has 0 spiro atoms. The van der Waals surface area contributed by atoms with Crippen LogP contribution in [0, 0.1) is 0 Å². The van der Waals surface area contributed by atoms with E-state index < -0.39 is 21.7 Å². The Hall–Kier alpha value is -2.64. The van der Waals surface area contributed by atoms with Crippen LogP contribution in [0.2, 0.25) is 5.02 Å². The van der Waals surface area contributed by atoms with Crippen molar-refractivity contribution in [2.45, 2.75) is 86.9 Å². The lowest BCUT2D eigenvalue weighted by Crippen LogP contribution is -2.44. The van der Waals surface area contributed by atoms with Gasteiger partial charge in [0.15, 0.2) is 0 Å². The minimum Gasteiger partial charge on any atom is -0.444 e. The van der Waals surface area contributed by atoms with Gasteiger partial charge in [0.05, 0.1) is 30.7 Å². The number of halogens is 1.